The molecule has 1 aromatic carbocycles. The zero-order valence-electron chi connectivity index (χ0n) is 10.5. The van der Waals surface area contributed by atoms with E-state index in [0.29, 0.717) is 25.1 Å². The summed E-state index contributed by atoms with van der Waals surface area (Å²) in [5, 5.41) is 0.653. The predicted molar refractivity (Wildman–Crippen MR) is 72.1 cm³/mol. The molecule has 4 nitrogen and oxygen atoms in total. The Labute approximate surface area is 110 Å². The van der Waals surface area contributed by atoms with Crippen LogP contribution in [0.5, 0.6) is 0 Å². The van der Waals surface area contributed by atoms with Gasteiger partial charge in [0.25, 0.3) is 0 Å². The normalized spacial score (nSPS) is 18.8. The van der Waals surface area contributed by atoms with Gasteiger partial charge in [0.15, 0.2) is 11.2 Å². The molecule has 2 heterocycles. The number of para-hydroxylation sites is 1. The Hall–Kier alpha value is -1.94. The van der Waals surface area contributed by atoms with Crippen molar-refractivity contribution in [2.45, 2.75) is 13.0 Å². The Bertz CT molecular complexity index is 668. The molecule has 3 rings (SSSR count). The number of hydrogen-bond acceptors (Lipinski definition) is 3. The molecular weight excluding hydrogens is 242 g/mol. The monoisotopic (exact) mass is 257 g/mol. The van der Waals surface area contributed by atoms with Crippen molar-refractivity contribution in [2.24, 2.45) is 5.92 Å². The minimum atomic E-state index is -0.0106. The second-order valence-corrected chi connectivity index (χ2v) is 4.85. The second-order valence-electron chi connectivity index (χ2n) is 4.85. The van der Waals surface area contributed by atoms with Gasteiger partial charge in [-0.05, 0) is 18.6 Å². The number of rotatable bonds is 3. The van der Waals surface area contributed by atoms with E-state index >= 15 is 0 Å². The van der Waals surface area contributed by atoms with Crippen LogP contribution in [0.25, 0.3) is 10.9 Å². The fourth-order valence-corrected chi connectivity index (χ4v) is 2.48. The molecular formula is C15H15NO3. The molecule has 19 heavy (non-hydrogen) atoms. The van der Waals surface area contributed by atoms with Gasteiger partial charge in [0.2, 0.25) is 0 Å². The third kappa shape index (κ3) is 2.31. The van der Waals surface area contributed by atoms with Crippen molar-refractivity contribution >= 4 is 16.7 Å². The molecule has 0 N–H and O–H groups in total. The smallest absolute Gasteiger partial charge is 0.189 e. The SMILES string of the molecule is O=C(Cn1ccc(=O)c2ccccc21)C1CCOC1. The molecule has 0 bridgehead atoms. The van der Waals surface area contributed by atoms with Crippen LogP contribution in [0.2, 0.25) is 0 Å². The molecule has 0 radical (unpaired) electrons. The highest BCUT2D eigenvalue weighted by molar-refractivity contribution is 5.84. The van der Waals surface area contributed by atoms with E-state index < -0.39 is 0 Å². The summed E-state index contributed by atoms with van der Waals surface area (Å²) in [6.45, 7) is 1.49. The summed E-state index contributed by atoms with van der Waals surface area (Å²) in [4.78, 5) is 23.9. The standard InChI is InChI=1S/C15H15NO3/c17-14-5-7-16(13-4-2-1-3-12(13)14)9-15(18)11-6-8-19-10-11/h1-5,7,11H,6,8-10H2. The summed E-state index contributed by atoms with van der Waals surface area (Å²) in [5.74, 6) is 0.171. The molecule has 1 atom stereocenters. The summed E-state index contributed by atoms with van der Waals surface area (Å²) in [6.07, 6.45) is 2.50. The summed E-state index contributed by atoms with van der Waals surface area (Å²) in [7, 11) is 0. The maximum Gasteiger partial charge on any atom is 0.189 e. The number of fused-ring (bicyclic) bond motifs is 1. The van der Waals surface area contributed by atoms with Gasteiger partial charge in [-0.3, -0.25) is 9.59 Å². The van der Waals surface area contributed by atoms with Crippen LogP contribution in [0.15, 0.2) is 41.3 Å². The first-order valence-corrected chi connectivity index (χ1v) is 6.44. The predicted octanol–water partition coefficient (Wildman–Crippen LogP) is 1.61. The van der Waals surface area contributed by atoms with Crippen LogP contribution < -0.4 is 5.43 Å². The number of ketones is 1. The van der Waals surface area contributed by atoms with Gasteiger partial charge < -0.3 is 9.30 Å². The van der Waals surface area contributed by atoms with Crippen molar-refractivity contribution in [1.82, 2.24) is 4.57 Å². The molecule has 2 aromatic rings. The quantitative estimate of drug-likeness (QED) is 0.839. The fraction of sp³-hybridized carbons (Fsp3) is 0.333. The van der Waals surface area contributed by atoms with E-state index in [9.17, 15) is 9.59 Å². The zero-order chi connectivity index (χ0) is 13.2. The third-order valence-electron chi connectivity index (χ3n) is 3.60. The van der Waals surface area contributed by atoms with Crippen molar-refractivity contribution in [3.05, 3.63) is 46.8 Å². The number of carbonyl (C=O) groups is 1. The van der Waals surface area contributed by atoms with E-state index in [1.165, 1.54) is 6.07 Å². The number of benzene rings is 1. The van der Waals surface area contributed by atoms with Crippen molar-refractivity contribution < 1.29 is 9.53 Å². The van der Waals surface area contributed by atoms with Gasteiger partial charge in [-0.2, -0.15) is 0 Å². The van der Waals surface area contributed by atoms with Crippen LogP contribution in [0, 0.1) is 5.92 Å². The van der Waals surface area contributed by atoms with Gasteiger partial charge in [-0.1, -0.05) is 12.1 Å². The van der Waals surface area contributed by atoms with Crippen molar-refractivity contribution in [3.8, 4) is 0 Å². The number of Topliss-reactive ketones (excluding diaryl/α,β-unsaturated/α-hetero) is 1. The minimum absolute atomic E-state index is 0.00168. The summed E-state index contributed by atoms with van der Waals surface area (Å²) >= 11 is 0. The molecule has 1 aliphatic heterocycles. The molecule has 1 fully saturated rings. The van der Waals surface area contributed by atoms with Crippen molar-refractivity contribution in [1.29, 1.82) is 0 Å². The van der Waals surface area contributed by atoms with Crippen LogP contribution >= 0.6 is 0 Å². The molecule has 1 saturated heterocycles. The molecule has 98 valence electrons. The van der Waals surface area contributed by atoms with Gasteiger partial charge in [0, 0.05) is 30.2 Å². The third-order valence-corrected chi connectivity index (χ3v) is 3.60. The first-order chi connectivity index (χ1) is 9.25. The summed E-state index contributed by atoms with van der Waals surface area (Å²) < 4.78 is 7.09. The number of hydrogen-bond donors (Lipinski definition) is 0. The topological polar surface area (TPSA) is 48.3 Å². The molecule has 0 saturated carbocycles. The lowest BCUT2D eigenvalue weighted by atomic mass is 10.0. The Morgan fingerprint density at radius 1 is 1.32 bits per heavy atom. The van der Waals surface area contributed by atoms with E-state index in [0.717, 1.165) is 11.9 Å². The van der Waals surface area contributed by atoms with E-state index in [4.69, 9.17) is 4.74 Å². The zero-order valence-corrected chi connectivity index (χ0v) is 10.5. The average Bonchev–Trinajstić information content (AvgIpc) is 2.96. The largest absolute Gasteiger partial charge is 0.381 e. The van der Waals surface area contributed by atoms with Crippen LogP contribution in [-0.4, -0.2) is 23.6 Å². The first-order valence-electron chi connectivity index (χ1n) is 6.44. The number of carbonyl (C=O) groups excluding carboxylic acids is 1. The number of pyridine rings is 1. The highest BCUT2D eigenvalue weighted by Gasteiger charge is 2.23. The lowest BCUT2D eigenvalue weighted by molar-refractivity contribution is -0.123. The minimum Gasteiger partial charge on any atom is -0.381 e. The van der Waals surface area contributed by atoms with Crippen LogP contribution in [0.4, 0.5) is 0 Å². The summed E-state index contributed by atoms with van der Waals surface area (Å²) in [6, 6.07) is 8.88. The number of nitrogens with zero attached hydrogens (tertiary/aromatic N) is 1. The lowest BCUT2D eigenvalue weighted by Crippen LogP contribution is -2.21. The molecule has 1 unspecified atom stereocenters. The molecule has 0 spiro atoms. The number of aromatic nitrogens is 1. The highest BCUT2D eigenvalue weighted by atomic mass is 16.5. The maximum atomic E-state index is 12.2. The van der Waals surface area contributed by atoms with Gasteiger partial charge in [-0.15, -0.1) is 0 Å². The lowest BCUT2D eigenvalue weighted by Gasteiger charge is -2.12. The Morgan fingerprint density at radius 2 is 2.16 bits per heavy atom. The highest BCUT2D eigenvalue weighted by Crippen LogP contribution is 2.16. The van der Waals surface area contributed by atoms with Gasteiger partial charge in [0.05, 0.1) is 18.7 Å². The Kier molecular flexibility index (Phi) is 3.17. The van der Waals surface area contributed by atoms with Crippen LogP contribution in [0.3, 0.4) is 0 Å². The summed E-state index contributed by atoms with van der Waals surface area (Å²) in [5.41, 5.74) is 0.797. The Balaban J connectivity index is 1.95. The first kappa shape index (κ1) is 12.1. The van der Waals surface area contributed by atoms with E-state index in [-0.39, 0.29) is 17.1 Å². The number of ether oxygens (including phenoxy) is 1. The average molecular weight is 257 g/mol. The molecule has 1 aromatic heterocycles. The van der Waals surface area contributed by atoms with E-state index in [1.54, 1.807) is 12.3 Å². The van der Waals surface area contributed by atoms with E-state index in [1.807, 2.05) is 22.8 Å². The van der Waals surface area contributed by atoms with Gasteiger partial charge >= 0.3 is 0 Å². The Morgan fingerprint density at radius 3 is 2.95 bits per heavy atom. The van der Waals surface area contributed by atoms with E-state index in [2.05, 4.69) is 0 Å². The van der Waals surface area contributed by atoms with Gasteiger partial charge in [-0.25, -0.2) is 0 Å². The molecule has 0 aliphatic carbocycles. The van der Waals surface area contributed by atoms with Gasteiger partial charge in [0.1, 0.15) is 0 Å². The van der Waals surface area contributed by atoms with Crippen molar-refractivity contribution in [3.63, 3.8) is 0 Å². The molecule has 0 amide bonds. The second kappa shape index (κ2) is 4.97. The maximum absolute atomic E-state index is 12.2. The van der Waals surface area contributed by atoms with Crippen molar-refractivity contribution in [2.75, 3.05) is 13.2 Å². The van der Waals surface area contributed by atoms with Crippen LogP contribution in [-0.2, 0) is 16.1 Å². The fourth-order valence-electron chi connectivity index (χ4n) is 2.48. The van der Waals surface area contributed by atoms with Crippen LogP contribution in [0.1, 0.15) is 6.42 Å². The molecule has 4 heteroatoms. The molecule has 1 aliphatic rings.